The number of nitrogen functional groups attached to an aromatic ring is 1. The van der Waals surface area contributed by atoms with Crippen LogP contribution in [-0.4, -0.2) is 19.5 Å². The van der Waals surface area contributed by atoms with Crippen molar-refractivity contribution in [3.05, 3.63) is 46.2 Å². The molecule has 0 bridgehead atoms. The lowest BCUT2D eigenvalue weighted by molar-refractivity contribution is 0.100. The Morgan fingerprint density at radius 2 is 2.16 bits per heavy atom. The Labute approximate surface area is 116 Å². The van der Waals surface area contributed by atoms with E-state index in [4.69, 9.17) is 11.5 Å². The van der Waals surface area contributed by atoms with Gasteiger partial charge in [0.25, 0.3) is 5.91 Å². The van der Waals surface area contributed by atoms with Gasteiger partial charge in [0.1, 0.15) is 0 Å². The van der Waals surface area contributed by atoms with Crippen LogP contribution in [0.5, 0.6) is 0 Å². The first kappa shape index (κ1) is 13.4. The van der Waals surface area contributed by atoms with Crippen molar-refractivity contribution < 1.29 is 4.79 Å². The highest BCUT2D eigenvalue weighted by molar-refractivity contribution is 7.09. The van der Waals surface area contributed by atoms with Crippen LogP contribution in [0.3, 0.4) is 0 Å². The third kappa shape index (κ3) is 3.26. The summed E-state index contributed by atoms with van der Waals surface area (Å²) < 4.78 is 0. The molecule has 4 N–H and O–H groups in total. The van der Waals surface area contributed by atoms with Crippen molar-refractivity contribution in [3.63, 3.8) is 0 Å². The van der Waals surface area contributed by atoms with Gasteiger partial charge in [-0.1, -0.05) is 6.07 Å². The zero-order chi connectivity index (χ0) is 13.8. The minimum absolute atomic E-state index is 0.432. The number of hydrogen-bond donors (Lipinski definition) is 2. The molecule has 0 spiro atoms. The van der Waals surface area contributed by atoms with Gasteiger partial charge in [0.2, 0.25) is 0 Å². The molecule has 4 nitrogen and oxygen atoms in total. The summed E-state index contributed by atoms with van der Waals surface area (Å²) in [5, 5.41) is 2.06. The number of rotatable bonds is 5. The Morgan fingerprint density at radius 3 is 2.79 bits per heavy atom. The lowest BCUT2D eigenvalue weighted by Gasteiger charge is -2.21. The van der Waals surface area contributed by atoms with E-state index in [0.29, 0.717) is 11.3 Å². The summed E-state index contributed by atoms with van der Waals surface area (Å²) in [6.45, 7) is 0.810. The molecule has 100 valence electrons. The average molecular weight is 275 g/mol. The Bertz CT molecular complexity index is 566. The Morgan fingerprint density at radius 1 is 1.37 bits per heavy atom. The van der Waals surface area contributed by atoms with Crippen LogP contribution in [0.1, 0.15) is 15.2 Å². The molecule has 1 aromatic carbocycles. The molecule has 0 atom stereocenters. The molecular weight excluding hydrogens is 258 g/mol. The Hall–Kier alpha value is -2.01. The predicted octanol–water partition coefficient (Wildman–Crippen LogP) is 2.11. The number of amides is 1. The number of likely N-dealkylation sites (N-methyl/N-ethyl adjacent to an activating group) is 1. The number of benzene rings is 1. The molecule has 0 aliphatic carbocycles. The molecule has 0 fully saturated rings. The van der Waals surface area contributed by atoms with E-state index in [-0.39, 0.29) is 0 Å². The molecule has 5 heteroatoms. The van der Waals surface area contributed by atoms with Gasteiger partial charge in [-0.25, -0.2) is 0 Å². The first-order chi connectivity index (χ1) is 9.08. The molecular formula is C14H17N3OS. The minimum Gasteiger partial charge on any atom is -0.399 e. The van der Waals surface area contributed by atoms with Gasteiger partial charge < -0.3 is 16.4 Å². The van der Waals surface area contributed by atoms with E-state index in [1.165, 1.54) is 4.88 Å². The SMILES string of the molecule is CN(CCc1cccs1)c1cc(N)ccc1C(N)=O. The van der Waals surface area contributed by atoms with Crippen molar-refractivity contribution >= 4 is 28.6 Å². The number of nitrogens with two attached hydrogens (primary N) is 2. The molecule has 1 amide bonds. The molecule has 0 aliphatic rings. The van der Waals surface area contributed by atoms with Crippen molar-refractivity contribution in [2.45, 2.75) is 6.42 Å². The van der Waals surface area contributed by atoms with Crippen LogP contribution in [0, 0.1) is 0 Å². The first-order valence-electron chi connectivity index (χ1n) is 6.01. The fourth-order valence-electron chi connectivity index (χ4n) is 1.93. The van der Waals surface area contributed by atoms with E-state index in [2.05, 4.69) is 11.4 Å². The number of hydrogen-bond acceptors (Lipinski definition) is 4. The van der Waals surface area contributed by atoms with Crippen molar-refractivity contribution in [2.75, 3.05) is 24.2 Å². The van der Waals surface area contributed by atoms with Crippen LogP contribution >= 0.6 is 11.3 Å². The lowest BCUT2D eigenvalue weighted by atomic mass is 10.1. The van der Waals surface area contributed by atoms with Gasteiger partial charge in [-0.05, 0) is 36.1 Å². The highest BCUT2D eigenvalue weighted by atomic mass is 32.1. The van der Waals surface area contributed by atoms with Gasteiger partial charge in [0.05, 0.1) is 11.3 Å². The van der Waals surface area contributed by atoms with Crippen molar-refractivity contribution in [1.82, 2.24) is 0 Å². The second kappa shape index (κ2) is 5.75. The molecule has 0 saturated carbocycles. The fourth-order valence-corrected chi connectivity index (χ4v) is 2.62. The molecule has 0 aliphatic heterocycles. The molecule has 2 aromatic rings. The second-order valence-corrected chi connectivity index (χ2v) is 5.42. The smallest absolute Gasteiger partial charge is 0.250 e. The maximum absolute atomic E-state index is 11.4. The van der Waals surface area contributed by atoms with E-state index in [0.717, 1.165) is 18.7 Å². The molecule has 0 unspecified atom stereocenters. The van der Waals surface area contributed by atoms with E-state index < -0.39 is 5.91 Å². The van der Waals surface area contributed by atoms with E-state index in [1.807, 2.05) is 18.0 Å². The van der Waals surface area contributed by atoms with Crippen molar-refractivity contribution in [1.29, 1.82) is 0 Å². The highest BCUT2D eigenvalue weighted by Crippen LogP contribution is 2.23. The summed E-state index contributed by atoms with van der Waals surface area (Å²) in [5.41, 5.74) is 13.1. The summed E-state index contributed by atoms with van der Waals surface area (Å²) in [6, 6.07) is 9.29. The van der Waals surface area contributed by atoms with Gasteiger partial charge >= 0.3 is 0 Å². The maximum atomic E-state index is 11.4. The third-order valence-corrected chi connectivity index (χ3v) is 3.91. The molecule has 1 aromatic heterocycles. The van der Waals surface area contributed by atoms with E-state index in [1.54, 1.807) is 29.5 Å². The third-order valence-electron chi connectivity index (χ3n) is 2.97. The second-order valence-electron chi connectivity index (χ2n) is 4.39. The monoisotopic (exact) mass is 275 g/mol. The van der Waals surface area contributed by atoms with Crippen molar-refractivity contribution in [3.8, 4) is 0 Å². The summed E-state index contributed by atoms with van der Waals surface area (Å²) in [4.78, 5) is 14.8. The number of primary amides is 1. The molecule has 19 heavy (non-hydrogen) atoms. The number of nitrogens with zero attached hydrogens (tertiary/aromatic N) is 1. The first-order valence-corrected chi connectivity index (χ1v) is 6.88. The quantitative estimate of drug-likeness (QED) is 0.821. The number of thiophene rings is 1. The molecule has 0 radical (unpaired) electrons. The Balaban J connectivity index is 2.15. The fraction of sp³-hybridized carbons (Fsp3) is 0.214. The van der Waals surface area contributed by atoms with Crippen molar-refractivity contribution in [2.24, 2.45) is 5.73 Å². The molecule has 0 saturated heterocycles. The maximum Gasteiger partial charge on any atom is 0.250 e. The largest absolute Gasteiger partial charge is 0.399 e. The van der Waals surface area contributed by atoms with Gasteiger partial charge in [-0.15, -0.1) is 11.3 Å². The zero-order valence-corrected chi connectivity index (χ0v) is 11.6. The standard InChI is InChI=1S/C14H17N3OS/c1-17(7-6-11-3-2-8-19-11)13-9-10(15)4-5-12(13)14(16)18/h2-5,8-9H,6-7,15H2,1H3,(H2,16,18). The Kier molecular flexibility index (Phi) is 4.06. The summed E-state index contributed by atoms with van der Waals surface area (Å²) in [7, 11) is 1.94. The van der Waals surface area contributed by atoms with Crippen LogP contribution in [0.25, 0.3) is 0 Å². The van der Waals surface area contributed by atoms with Crippen LogP contribution in [0.15, 0.2) is 35.7 Å². The van der Waals surface area contributed by atoms with Gasteiger partial charge in [0.15, 0.2) is 0 Å². The predicted molar refractivity (Wildman–Crippen MR) is 80.7 cm³/mol. The molecule has 1 heterocycles. The summed E-state index contributed by atoms with van der Waals surface area (Å²) in [5.74, 6) is -0.432. The number of carbonyl (C=O) groups excluding carboxylic acids is 1. The highest BCUT2D eigenvalue weighted by Gasteiger charge is 2.12. The minimum atomic E-state index is -0.432. The summed E-state index contributed by atoms with van der Waals surface area (Å²) in [6.07, 6.45) is 0.932. The lowest BCUT2D eigenvalue weighted by Crippen LogP contribution is -2.24. The van der Waals surface area contributed by atoms with Crippen LogP contribution in [-0.2, 0) is 6.42 Å². The van der Waals surface area contributed by atoms with Crippen LogP contribution < -0.4 is 16.4 Å². The molecule has 2 rings (SSSR count). The van der Waals surface area contributed by atoms with E-state index in [9.17, 15) is 4.79 Å². The summed E-state index contributed by atoms with van der Waals surface area (Å²) >= 11 is 1.73. The van der Waals surface area contributed by atoms with Gasteiger partial charge in [0, 0.05) is 24.2 Å². The average Bonchev–Trinajstić information content (AvgIpc) is 2.88. The van der Waals surface area contributed by atoms with Crippen LogP contribution in [0.4, 0.5) is 11.4 Å². The van der Waals surface area contributed by atoms with Gasteiger partial charge in [-0.3, -0.25) is 4.79 Å². The normalized spacial score (nSPS) is 10.4. The zero-order valence-electron chi connectivity index (χ0n) is 10.8. The number of carbonyl (C=O) groups is 1. The van der Waals surface area contributed by atoms with Gasteiger partial charge in [-0.2, -0.15) is 0 Å². The van der Waals surface area contributed by atoms with E-state index >= 15 is 0 Å². The number of anilines is 2. The topological polar surface area (TPSA) is 72.3 Å². The van der Waals surface area contributed by atoms with Crippen LogP contribution in [0.2, 0.25) is 0 Å².